The summed E-state index contributed by atoms with van der Waals surface area (Å²) in [5.74, 6) is -0.799. The Bertz CT molecular complexity index is 162. The lowest BCUT2D eigenvalue weighted by atomic mass is 10.3. The molecule has 0 aromatic rings. The summed E-state index contributed by atoms with van der Waals surface area (Å²) in [5, 5.41) is 15.5. The second-order valence-corrected chi connectivity index (χ2v) is 3.01. The maximum absolute atomic E-state index is 10.4. The minimum atomic E-state index is -0.711. The Morgan fingerprint density at radius 3 is 1.56 bits per heavy atom. The van der Waals surface area contributed by atoms with E-state index in [-0.39, 0.29) is 18.1 Å². The molecule has 0 spiro atoms. The Morgan fingerprint density at radius 2 is 1.39 bits per heavy atom. The summed E-state index contributed by atoms with van der Waals surface area (Å²) in [5.41, 5.74) is 0. The number of carbonyl (C=O) groups excluding carboxylic acids is 1. The average Bonchev–Trinajstić information content (AvgIpc) is 2.20. The molecule has 0 aromatic heterocycles. The summed E-state index contributed by atoms with van der Waals surface area (Å²) in [6.45, 7) is 8.04. The second kappa shape index (κ2) is 24.9. The van der Waals surface area contributed by atoms with Crippen molar-refractivity contribution in [2.75, 3.05) is 13.2 Å². The quantitative estimate of drug-likeness (QED) is 0.731. The van der Waals surface area contributed by atoms with Crippen LogP contribution < -0.4 is 0 Å². The SMILES string of the molecule is CCCC(=O)O.CCCC(=O)OCC.CCO.O. The molecule has 0 aliphatic carbocycles. The lowest BCUT2D eigenvalue weighted by Gasteiger charge is -1.96. The molecule has 0 aliphatic heterocycles. The Kier molecular flexibility index (Phi) is 35.5. The number of carboxylic acid groups (broad SMARTS) is 1. The third-order valence-corrected chi connectivity index (χ3v) is 1.22. The van der Waals surface area contributed by atoms with Gasteiger partial charge in [0.05, 0.1) is 6.61 Å². The molecule has 0 saturated carbocycles. The number of esters is 1. The fraction of sp³-hybridized carbons (Fsp3) is 0.833. The first-order valence-electron chi connectivity index (χ1n) is 5.98. The first kappa shape index (κ1) is 25.6. The van der Waals surface area contributed by atoms with E-state index in [1.807, 2.05) is 20.8 Å². The van der Waals surface area contributed by atoms with Crippen LogP contribution in [0.2, 0.25) is 0 Å². The van der Waals surface area contributed by atoms with Gasteiger partial charge in [0.25, 0.3) is 0 Å². The summed E-state index contributed by atoms with van der Waals surface area (Å²) < 4.78 is 4.64. The van der Waals surface area contributed by atoms with Gasteiger partial charge in [0, 0.05) is 19.4 Å². The molecule has 0 atom stereocenters. The van der Waals surface area contributed by atoms with Crippen LogP contribution in [0.4, 0.5) is 0 Å². The molecule has 112 valence electrons. The van der Waals surface area contributed by atoms with Crippen molar-refractivity contribution in [3.05, 3.63) is 0 Å². The highest BCUT2D eigenvalue weighted by Crippen LogP contribution is 1.89. The van der Waals surface area contributed by atoms with Crippen LogP contribution in [0, 0.1) is 0 Å². The summed E-state index contributed by atoms with van der Waals surface area (Å²) in [6.07, 6.45) is 2.45. The fourth-order valence-corrected chi connectivity index (χ4v) is 0.651. The summed E-state index contributed by atoms with van der Waals surface area (Å²) in [4.78, 5) is 20.0. The summed E-state index contributed by atoms with van der Waals surface area (Å²) in [7, 11) is 0. The largest absolute Gasteiger partial charge is 0.481 e. The van der Waals surface area contributed by atoms with E-state index in [1.165, 1.54) is 0 Å². The first-order chi connectivity index (χ1) is 7.99. The maximum atomic E-state index is 10.4. The van der Waals surface area contributed by atoms with Gasteiger partial charge < -0.3 is 20.4 Å². The van der Waals surface area contributed by atoms with Gasteiger partial charge in [-0.15, -0.1) is 0 Å². The fourth-order valence-electron chi connectivity index (χ4n) is 0.651. The zero-order chi connectivity index (χ0) is 14.1. The number of hydrogen-bond acceptors (Lipinski definition) is 4. The van der Waals surface area contributed by atoms with Crippen molar-refractivity contribution >= 4 is 11.9 Å². The van der Waals surface area contributed by atoms with Crippen molar-refractivity contribution < 1.29 is 30.0 Å². The standard InChI is InChI=1S/C6H12O2.C4H8O2.C2H6O.H2O/c1-3-5-6(7)8-4-2;1-2-3-4(5)6;1-2-3;/h3-5H2,1-2H3;2-3H2,1H3,(H,5,6);3H,2H2,1H3;1H2. The topological polar surface area (TPSA) is 115 Å². The van der Waals surface area contributed by atoms with Crippen LogP contribution in [-0.4, -0.2) is 40.8 Å². The number of carboxylic acids is 1. The smallest absolute Gasteiger partial charge is 0.305 e. The lowest BCUT2D eigenvalue weighted by molar-refractivity contribution is -0.143. The number of ether oxygens (including phenoxy) is 1. The van der Waals surface area contributed by atoms with E-state index >= 15 is 0 Å². The summed E-state index contributed by atoms with van der Waals surface area (Å²) >= 11 is 0. The molecule has 0 rings (SSSR count). The van der Waals surface area contributed by atoms with E-state index in [9.17, 15) is 9.59 Å². The van der Waals surface area contributed by atoms with Crippen LogP contribution in [0.5, 0.6) is 0 Å². The molecule has 0 unspecified atom stereocenters. The molecule has 0 bridgehead atoms. The Balaban J connectivity index is -0.0000000875. The zero-order valence-corrected chi connectivity index (χ0v) is 11.9. The van der Waals surface area contributed by atoms with E-state index < -0.39 is 5.97 Å². The molecule has 6 heteroatoms. The van der Waals surface area contributed by atoms with Crippen LogP contribution in [0.1, 0.15) is 53.4 Å². The highest BCUT2D eigenvalue weighted by molar-refractivity contribution is 5.69. The monoisotopic (exact) mass is 268 g/mol. The van der Waals surface area contributed by atoms with Gasteiger partial charge in [-0.2, -0.15) is 0 Å². The number of hydrogen-bond donors (Lipinski definition) is 2. The minimum absolute atomic E-state index is 0. The van der Waals surface area contributed by atoms with Crippen molar-refractivity contribution in [3.8, 4) is 0 Å². The first-order valence-corrected chi connectivity index (χ1v) is 5.98. The van der Waals surface area contributed by atoms with Crippen LogP contribution in [-0.2, 0) is 14.3 Å². The number of aliphatic hydroxyl groups excluding tert-OH is 1. The highest BCUT2D eigenvalue weighted by atomic mass is 16.5. The van der Waals surface area contributed by atoms with Gasteiger partial charge in [-0.1, -0.05) is 13.8 Å². The van der Waals surface area contributed by atoms with Crippen LogP contribution in [0.3, 0.4) is 0 Å². The van der Waals surface area contributed by atoms with Gasteiger partial charge in [-0.05, 0) is 26.7 Å². The maximum Gasteiger partial charge on any atom is 0.305 e. The molecule has 0 heterocycles. The van der Waals surface area contributed by atoms with Crippen molar-refractivity contribution in [3.63, 3.8) is 0 Å². The number of rotatable bonds is 5. The van der Waals surface area contributed by atoms with Crippen molar-refractivity contribution in [1.82, 2.24) is 0 Å². The molecular weight excluding hydrogens is 240 g/mol. The Morgan fingerprint density at radius 1 is 1.00 bits per heavy atom. The van der Waals surface area contributed by atoms with E-state index in [0.29, 0.717) is 19.4 Å². The van der Waals surface area contributed by atoms with Crippen LogP contribution >= 0.6 is 0 Å². The zero-order valence-electron chi connectivity index (χ0n) is 11.9. The van der Waals surface area contributed by atoms with Crippen molar-refractivity contribution in [2.45, 2.75) is 53.4 Å². The van der Waals surface area contributed by atoms with Gasteiger partial charge in [0.15, 0.2) is 0 Å². The van der Waals surface area contributed by atoms with E-state index in [4.69, 9.17) is 10.2 Å². The molecule has 18 heavy (non-hydrogen) atoms. The second-order valence-electron chi connectivity index (χ2n) is 3.01. The van der Waals surface area contributed by atoms with Gasteiger partial charge >= 0.3 is 11.9 Å². The molecule has 0 amide bonds. The highest BCUT2D eigenvalue weighted by Gasteiger charge is 1.95. The minimum Gasteiger partial charge on any atom is -0.481 e. The molecule has 6 nitrogen and oxygen atoms in total. The molecule has 0 aromatic carbocycles. The van der Waals surface area contributed by atoms with Gasteiger partial charge in [0.2, 0.25) is 0 Å². The normalized spacial score (nSPS) is 7.61. The van der Waals surface area contributed by atoms with Gasteiger partial charge in [-0.25, -0.2) is 0 Å². The molecule has 4 N–H and O–H groups in total. The average molecular weight is 268 g/mol. The van der Waals surface area contributed by atoms with Crippen molar-refractivity contribution in [2.24, 2.45) is 0 Å². The number of carbonyl (C=O) groups is 2. The van der Waals surface area contributed by atoms with Gasteiger partial charge in [-0.3, -0.25) is 9.59 Å². The molecule has 0 fully saturated rings. The lowest BCUT2D eigenvalue weighted by Crippen LogP contribution is -2.01. The van der Waals surface area contributed by atoms with Crippen molar-refractivity contribution in [1.29, 1.82) is 0 Å². The van der Waals surface area contributed by atoms with E-state index in [1.54, 1.807) is 6.92 Å². The molecule has 0 radical (unpaired) electrons. The van der Waals surface area contributed by atoms with E-state index in [0.717, 1.165) is 12.8 Å². The third kappa shape index (κ3) is 46.2. The molecule has 0 saturated heterocycles. The predicted octanol–water partition coefficient (Wildman–Crippen LogP) is 1.39. The number of aliphatic hydroxyl groups is 1. The third-order valence-electron chi connectivity index (χ3n) is 1.22. The van der Waals surface area contributed by atoms with Gasteiger partial charge in [0.1, 0.15) is 0 Å². The Hall–Kier alpha value is -1.14. The Labute approximate surface area is 109 Å². The predicted molar refractivity (Wildman–Crippen MR) is 70.5 cm³/mol. The van der Waals surface area contributed by atoms with Crippen LogP contribution in [0.15, 0.2) is 0 Å². The van der Waals surface area contributed by atoms with Crippen LogP contribution in [0.25, 0.3) is 0 Å². The number of aliphatic carboxylic acids is 1. The molecule has 0 aliphatic rings. The van der Waals surface area contributed by atoms with E-state index in [2.05, 4.69) is 4.74 Å². The molecular formula is C12H28O6. The summed E-state index contributed by atoms with van der Waals surface area (Å²) in [6, 6.07) is 0.